The number of hydrogen-bond donors (Lipinski definition) is 3. The summed E-state index contributed by atoms with van der Waals surface area (Å²) in [6.45, 7) is 3.81. The fraction of sp³-hybridized carbons (Fsp3) is 0.480. The van der Waals surface area contributed by atoms with Crippen molar-refractivity contribution in [1.29, 1.82) is 0 Å². The highest BCUT2D eigenvalue weighted by atomic mass is 32.2. The molecule has 5 rings (SSSR count). The standard InChI is InChI=1S/C20H21F2N5O2S.C4H8.CH4/c1-30-15-7-11(12-3-2-6-29-9-12)4-5-13(15)24-14-8-16(23-10-28)25-19-17(14)26-20(27-19)18(21)22;1-4-2-3-4;/h4-5,7-8,10,12,18H,2-3,6,9H2,1H3,(H3,23,24,25,26,27,28);4H,2-3H2,1H3;1H4. The van der Waals surface area contributed by atoms with Gasteiger partial charge in [-0.3, -0.25) is 4.79 Å². The molecule has 1 aliphatic carbocycles. The molecular formula is C25H33F2N5O2S. The second kappa shape index (κ2) is 12.3. The molecule has 0 spiro atoms. The summed E-state index contributed by atoms with van der Waals surface area (Å²) in [7, 11) is 0. The number of imidazole rings is 1. The van der Waals surface area contributed by atoms with Crippen LogP contribution >= 0.6 is 11.8 Å². The highest BCUT2D eigenvalue weighted by Gasteiger charge is 2.20. The molecule has 1 aromatic carbocycles. The Hall–Kier alpha value is -2.72. The number of benzene rings is 1. The fourth-order valence-corrected chi connectivity index (χ4v) is 4.32. The number of ether oxygens (including phenoxy) is 1. The molecule has 3 N–H and O–H groups in total. The Morgan fingerprint density at radius 2 is 1.97 bits per heavy atom. The van der Waals surface area contributed by atoms with E-state index < -0.39 is 12.2 Å². The van der Waals surface area contributed by atoms with Crippen molar-refractivity contribution in [3.05, 3.63) is 35.7 Å². The van der Waals surface area contributed by atoms with Crippen molar-refractivity contribution in [1.82, 2.24) is 15.0 Å². The van der Waals surface area contributed by atoms with Crippen molar-refractivity contribution in [2.45, 2.75) is 57.3 Å². The molecular weight excluding hydrogens is 472 g/mol. The molecule has 1 aliphatic heterocycles. The first kappa shape index (κ1) is 26.9. The van der Waals surface area contributed by atoms with Gasteiger partial charge in [0.05, 0.1) is 18.0 Å². The van der Waals surface area contributed by atoms with E-state index in [4.69, 9.17) is 4.74 Å². The number of nitrogens with zero attached hydrogens (tertiary/aromatic N) is 2. The summed E-state index contributed by atoms with van der Waals surface area (Å²) in [5, 5.41) is 5.74. The van der Waals surface area contributed by atoms with E-state index >= 15 is 0 Å². The molecule has 3 heterocycles. The van der Waals surface area contributed by atoms with Gasteiger partial charge in [-0.05, 0) is 42.7 Å². The summed E-state index contributed by atoms with van der Waals surface area (Å²) in [6, 6.07) is 7.74. The molecule has 1 amide bonds. The summed E-state index contributed by atoms with van der Waals surface area (Å²) >= 11 is 1.59. The lowest BCUT2D eigenvalue weighted by Crippen LogP contribution is -2.15. The number of carbonyl (C=O) groups is 1. The van der Waals surface area contributed by atoms with Crippen molar-refractivity contribution < 1.29 is 18.3 Å². The van der Waals surface area contributed by atoms with Crippen molar-refractivity contribution in [2.75, 3.05) is 30.1 Å². The lowest BCUT2D eigenvalue weighted by atomic mass is 9.93. The zero-order chi connectivity index (χ0) is 24.1. The predicted octanol–water partition coefficient (Wildman–Crippen LogP) is 6.88. The lowest BCUT2D eigenvalue weighted by molar-refractivity contribution is -0.105. The minimum absolute atomic E-state index is 0. The van der Waals surface area contributed by atoms with Gasteiger partial charge in [0.15, 0.2) is 11.5 Å². The van der Waals surface area contributed by atoms with Gasteiger partial charge in [-0.15, -0.1) is 11.8 Å². The zero-order valence-electron chi connectivity index (χ0n) is 19.2. The van der Waals surface area contributed by atoms with Gasteiger partial charge in [-0.1, -0.05) is 33.3 Å². The number of alkyl halides is 2. The monoisotopic (exact) mass is 505 g/mol. The Balaban J connectivity index is 0.000000622. The molecule has 1 saturated carbocycles. The summed E-state index contributed by atoms with van der Waals surface area (Å²) < 4.78 is 31.9. The number of aromatic amines is 1. The van der Waals surface area contributed by atoms with E-state index in [1.165, 1.54) is 18.4 Å². The third-order valence-corrected chi connectivity index (χ3v) is 6.66. The molecule has 2 aliphatic rings. The van der Waals surface area contributed by atoms with Gasteiger partial charge in [0.1, 0.15) is 11.3 Å². The Bertz CT molecular complexity index is 1130. The first-order chi connectivity index (χ1) is 16.5. The highest BCUT2D eigenvalue weighted by Crippen LogP contribution is 2.36. The number of aromatic nitrogens is 3. The minimum Gasteiger partial charge on any atom is -0.381 e. The average Bonchev–Trinajstić information content (AvgIpc) is 3.50. The van der Waals surface area contributed by atoms with E-state index in [0.29, 0.717) is 23.5 Å². The van der Waals surface area contributed by atoms with Gasteiger partial charge in [-0.25, -0.2) is 18.7 Å². The minimum atomic E-state index is -2.76. The van der Waals surface area contributed by atoms with Crippen LogP contribution in [0.25, 0.3) is 11.2 Å². The number of carbonyl (C=O) groups excluding carboxylic acids is 1. The number of anilines is 3. The van der Waals surface area contributed by atoms with E-state index in [1.54, 1.807) is 17.8 Å². The van der Waals surface area contributed by atoms with Crippen LogP contribution in [0.1, 0.15) is 63.8 Å². The normalized spacial score (nSPS) is 17.3. The van der Waals surface area contributed by atoms with Gasteiger partial charge in [-0.2, -0.15) is 0 Å². The van der Waals surface area contributed by atoms with E-state index in [1.807, 2.05) is 12.3 Å². The first-order valence-electron chi connectivity index (χ1n) is 11.4. The first-order valence-corrected chi connectivity index (χ1v) is 12.6. The number of H-pyrrole nitrogens is 1. The Morgan fingerprint density at radius 3 is 2.57 bits per heavy atom. The molecule has 1 atom stereocenters. The molecule has 0 bridgehead atoms. The number of hydrogen-bond acceptors (Lipinski definition) is 6. The maximum absolute atomic E-state index is 13.1. The highest BCUT2D eigenvalue weighted by molar-refractivity contribution is 7.98. The van der Waals surface area contributed by atoms with E-state index in [-0.39, 0.29) is 18.9 Å². The van der Waals surface area contributed by atoms with E-state index in [0.717, 1.165) is 42.6 Å². The van der Waals surface area contributed by atoms with Crippen LogP contribution in [-0.2, 0) is 9.53 Å². The van der Waals surface area contributed by atoms with E-state index in [2.05, 4.69) is 44.6 Å². The number of rotatable bonds is 7. The Kier molecular flexibility index (Phi) is 9.45. The number of pyridine rings is 1. The number of halogens is 2. The van der Waals surface area contributed by atoms with Crippen molar-refractivity contribution in [3.63, 3.8) is 0 Å². The number of thioether (sulfide) groups is 1. The van der Waals surface area contributed by atoms with Crippen LogP contribution in [0.4, 0.5) is 26.0 Å². The van der Waals surface area contributed by atoms with Crippen molar-refractivity contribution >= 4 is 46.5 Å². The maximum Gasteiger partial charge on any atom is 0.295 e. The van der Waals surface area contributed by atoms with Gasteiger partial charge in [0.25, 0.3) is 6.43 Å². The number of nitrogens with one attached hydrogen (secondary N) is 3. The van der Waals surface area contributed by atoms with Gasteiger partial charge in [0, 0.05) is 23.5 Å². The molecule has 0 radical (unpaired) electrons. The van der Waals surface area contributed by atoms with Gasteiger partial charge in [0.2, 0.25) is 6.41 Å². The van der Waals surface area contributed by atoms with Crippen molar-refractivity contribution in [2.24, 2.45) is 5.92 Å². The molecule has 35 heavy (non-hydrogen) atoms. The second-order valence-corrected chi connectivity index (χ2v) is 9.47. The lowest BCUT2D eigenvalue weighted by Gasteiger charge is -2.23. The number of fused-ring (bicyclic) bond motifs is 1. The molecule has 7 nitrogen and oxygen atoms in total. The molecule has 10 heteroatoms. The Morgan fingerprint density at radius 1 is 1.20 bits per heavy atom. The van der Waals surface area contributed by atoms with Gasteiger partial charge < -0.3 is 20.4 Å². The average molecular weight is 506 g/mol. The van der Waals surface area contributed by atoms with Crippen LogP contribution < -0.4 is 10.6 Å². The third-order valence-electron chi connectivity index (χ3n) is 5.89. The van der Waals surface area contributed by atoms with E-state index in [9.17, 15) is 13.6 Å². The van der Waals surface area contributed by atoms with Crippen LogP contribution in [0.5, 0.6) is 0 Å². The summed E-state index contributed by atoms with van der Waals surface area (Å²) in [5.74, 6) is 1.20. The fourth-order valence-electron chi connectivity index (χ4n) is 3.72. The van der Waals surface area contributed by atoms with Crippen LogP contribution in [0.15, 0.2) is 29.2 Å². The quantitative estimate of drug-likeness (QED) is 0.240. The molecule has 3 aromatic rings. The predicted molar refractivity (Wildman–Crippen MR) is 138 cm³/mol. The van der Waals surface area contributed by atoms with Gasteiger partial charge >= 0.3 is 0 Å². The van der Waals surface area contributed by atoms with Crippen LogP contribution in [-0.4, -0.2) is 40.8 Å². The second-order valence-electron chi connectivity index (χ2n) is 8.62. The molecule has 2 fully saturated rings. The summed E-state index contributed by atoms with van der Waals surface area (Å²) in [6.07, 6.45) is 4.82. The van der Waals surface area contributed by atoms with Crippen LogP contribution in [0, 0.1) is 5.92 Å². The smallest absolute Gasteiger partial charge is 0.295 e. The number of amides is 1. The largest absolute Gasteiger partial charge is 0.381 e. The third kappa shape index (κ3) is 6.91. The molecule has 1 unspecified atom stereocenters. The molecule has 2 aromatic heterocycles. The Labute approximate surface area is 208 Å². The van der Waals surface area contributed by atoms with Crippen LogP contribution in [0.2, 0.25) is 0 Å². The van der Waals surface area contributed by atoms with Crippen LogP contribution in [0.3, 0.4) is 0 Å². The summed E-state index contributed by atoms with van der Waals surface area (Å²) in [4.78, 5) is 22.4. The van der Waals surface area contributed by atoms with Crippen molar-refractivity contribution in [3.8, 4) is 0 Å². The SMILES string of the molecule is C.CC1CC1.CSc1cc(C2CCCOC2)ccc1Nc1cc(NC=O)nc2nc(C(F)F)[nH]c12. The topological polar surface area (TPSA) is 91.9 Å². The molecule has 190 valence electrons. The molecule has 1 saturated heterocycles. The maximum atomic E-state index is 13.1. The zero-order valence-corrected chi connectivity index (χ0v) is 20.1. The summed E-state index contributed by atoms with van der Waals surface area (Å²) in [5.41, 5.74) is 2.97.